The van der Waals surface area contributed by atoms with E-state index < -0.39 is 0 Å². The van der Waals surface area contributed by atoms with Crippen LogP contribution in [0.3, 0.4) is 0 Å². The van der Waals surface area contributed by atoms with Crippen LogP contribution in [-0.2, 0) is 0 Å². The number of fused-ring (bicyclic) bond motifs is 1. The molecule has 0 fully saturated rings. The predicted molar refractivity (Wildman–Crippen MR) is 46.3 cm³/mol. The Kier molecular flexibility index (Phi) is 1.90. The summed E-state index contributed by atoms with van der Waals surface area (Å²) in [4.78, 5) is 3.91. The first-order chi connectivity index (χ1) is 5.79. The largest absolute Gasteiger partial charge is 0.490 e. The number of nitrogens with zero attached hydrogens (tertiary/aromatic N) is 1. The number of nitrogens with two attached hydrogens (primary N) is 1. The van der Waals surface area contributed by atoms with Crippen LogP contribution in [0.25, 0.3) is 0 Å². The minimum Gasteiger partial charge on any atom is -0.490 e. The van der Waals surface area contributed by atoms with E-state index in [0.29, 0.717) is 17.5 Å². The van der Waals surface area contributed by atoms with Crippen LogP contribution in [0, 0.1) is 0 Å². The Hall–Kier alpha value is -0.800. The minimum absolute atomic E-state index is 0.0363. The van der Waals surface area contributed by atoms with Gasteiger partial charge in [0.1, 0.15) is 0 Å². The lowest BCUT2D eigenvalue weighted by Crippen LogP contribution is -2.20. The van der Waals surface area contributed by atoms with E-state index in [1.807, 2.05) is 6.07 Å². The molecule has 4 heteroatoms. The van der Waals surface area contributed by atoms with Gasteiger partial charge in [-0.05, 0) is 6.07 Å². The summed E-state index contributed by atoms with van der Waals surface area (Å²) in [5.74, 6) is 0.651. The first-order valence-corrected chi connectivity index (χ1v) is 4.19. The summed E-state index contributed by atoms with van der Waals surface area (Å²) in [6.07, 6.45) is 2.49. The van der Waals surface area contributed by atoms with Gasteiger partial charge in [0.05, 0.1) is 6.61 Å². The molecule has 1 aliphatic heterocycles. The molecular weight excluding hydrogens is 176 g/mol. The van der Waals surface area contributed by atoms with Crippen molar-refractivity contribution in [3.8, 4) is 5.75 Å². The Bertz CT molecular complexity index is 303. The summed E-state index contributed by atoms with van der Waals surface area (Å²) in [6, 6.07) is 1.89. The zero-order chi connectivity index (χ0) is 8.55. The van der Waals surface area contributed by atoms with Gasteiger partial charge in [0, 0.05) is 24.2 Å². The number of ether oxygens (including phenoxy) is 1. The average molecular weight is 185 g/mol. The van der Waals surface area contributed by atoms with Gasteiger partial charge in [-0.3, -0.25) is 0 Å². The number of rotatable bonds is 0. The Morgan fingerprint density at radius 2 is 2.50 bits per heavy atom. The van der Waals surface area contributed by atoms with E-state index in [1.165, 1.54) is 0 Å². The summed E-state index contributed by atoms with van der Waals surface area (Å²) < 4.78 is 5.35. The van der Waals surface area contributed by atoms with Crippen molar-refractivity contribution in [2.45, 2.75) is 12.5 Å². The third-order valence-electron chi connectivity index (χ3n) is 1.97. The monoisotopic (exact) mass is 184 g/mol. The fourth-order valence-corrected chi connectivity index (χ4v) is 1.53. The smallest absolute Gasteiger partial charge is 0.171 e. The van der Waals surface area contributed by atoms with E-state index >= 15 is 0 Å². The van der Waals surface area contributed by atoms with E-state index in [4.69, 9.17) is 22.1 Å². The van der Waals surface area contributed by atoms with Crippen molar-refractivity contribution in [3.05, 3.63) is 23.0 Å². The lowest BCUT2D eigenvalue weighted by Gasteiger charge is -2.22. The number of hydrogen-bond donors (Lipinski definition) is 1. The van der Waals surface area contributed by atoms with Gasteiger partial charge in [0.15, 0.2) is 10.9 Å². The highest BCUT2D eigenvalue weighted by Crippen LogP contribution is 2.34. The highest BCUT2D eigenvalue weighted by Gasteiger charge is 2.20. The Labute approximate surface area is 75.5 Å². The number of hydrogen-bond acceptors (Lipinski definition) is 3. The van der Waals surface area contributed by atoms with Crippen molar-refractivity contribution in [2.75, 3.05) is 6.61 Å². The molecular formula is C8H9ClN2O. The molecule has 1 unspecified atom stereocenters. The van der Waals surface area contributed by atoms with Crippen molar-refractivity contribution < 1.29 is 4.74 Å². The molecule has 12 heavy (non-hydrogen) atoms. The van der Waals surface area contributed by atoms with Crippen molar-refractivity contribution >= 4 is 11.6 Å². The SMILES string of the molecule is NC1CCOc2c1ccnc2Cl. The van der Waals surface area contributed by atoms with Gasteiger partial charge in [0.25, 0.3) is 0 Å². The second-order valence-electron chi connectivity index (χ2n) is 2.76. The molecule has 2 N–H and O–H groups in total. The number of pyridine rings is 1. The van der Waals surface area contributed by atoms with Crippen molar-refractivity contribution in [1.82, 2.24) is 4.98 Å². The van der Waals surface area contributed by atoms with Crippen LogP contribution < -0.4 is 10.5 Å². The molecule has 1 aliphatic rings. The van der Waals surface area contributed by atoms with Gasteiger partial charge < -0.3 is 10.5 Å². The first kappa shape index (κ1) is 7.83. The molecule has 2 heterocycles. The summed E-state index contributed by atoms with van der Waals surface area (Å²) in [5.41, 5.74) is 6.81. The van der Waals surface area contributed by atoms with Gasteiger partial charge in [-0.1, -0.05) is 11.6 Å². The zero-order valence-corrected chi connectivity index (χ0v) is 7.21. The van der Waals surface area contributed by atoms with Crippen LogP contribution in [0.1, 0.15) is 18.0 Å². The summed E-state index contributed by atoms with van der Waals surface area (Å²) >= 11 is 5.82. The summed E-state index contributed by atoms with van der Waals surface area (Å²) in [6.45, 7) is 0.625. The molecule has 1 aromatic heterocycles. The topological polar surface area (TPSA) is 48.1 Å². The quantitative estimate of drug-likeness (QED) is 0.622. The van der Waals surface area contributed by atoms with E-state index in [9.17, 15) is 0 Å². The maximum absolute atomic E-state index is 5.85. The molecule has 0 saturated heterocycles. The Morgan fingerprint density at radius 3 is 3.25 bits per heavy atom. The fraction of sp³-hybridized carbons (Fsp3) is 0.375. The summed E-state index contributed by atoms with van der Waals surface area (Å²) in [5, 5.41) is 0.405. The molecule has 0 spiro atoms. The van der Waals surface area contributed by atoms with Crippen LogP contribution in [0.2, 0.25) is 5.15 Å². The molecule has 2 rings (SSSR count). The van der Waals surface area contributed by atoms with Gasteiger partial charge in [0.2, 0.25) is 0 Å². The van der Waals surface area contributed by atoms with Crippen LogP contribution in [-0.4, -0.2) is 11.6 Å². The maximum Gasteiger partial charge on any atom is 0.171 e. The lowest BCUT2D eigenvalue weighted by molar-refractivity contribution is 0.268. The van der Waals surface area contributed by atoms with E-state index in [2.05, 4.69) is 4.98 Å². The lowest BCUT2D eigenvalue weighted by atomic mass is 10.0. The van der Waals surface area contributed by atoms with E-state index in [0.717, 1.165) is 12.0 Å². The molecule has 0 bridgehead atoms. The average Bonchev–Trinajstić information content (AvgIpc) is 2.07. The molecule has 0 radical (unpaired) electrons. The molecule has 0 saturated carbocycles. The maximum atomic E-state index is 5.85. The highest BCUT2D eigenvalue weighted by molar-refractivity contribution is 6.30. The predicted octanol–water partition coefficient (Wildman–Crippen LogP) is 1.52. The molecule has 0 aromatic carbocycles. The van der Waals surface area contributed by atoms with Crippen molar-refractivity contribution in [1.29, 1.82) is 0 Å². The second-order valence-corrected chi connectivity index (χ2v) is 3.12. The zero-order valence-electron chi connectivity index (χ0n) is 6.46. The molecule has 0 aliphatic carbocycles. The second kappa shape index (κ2) is 2.92. The first-order valence-electron chi connectivity index (χ1n) is 3.82. The number of aromatic nitrogens is 1. The molecule has 1 aromatic rings. The Morgan fingerprint density at radius 1 is 1.67 bits per heavy atom. The molecule has 3 nitrogen and oxygen atoms in total. The summed E-state index contributed by atoms with van der Waals surface area (Å²) in [7, 11) is 0. The normalized spacial score (nSPS) is 21.3. The Balaban J connectivity index is 2.52. The molecule has 64 valence electrons. The van der Waals surface area contributed by atoms with Crippen molar-refractivity contribution in [3.63, 3.8) is 0 Å². The molecule has 0 amide bonds. The van der Waals surface area contributed by atoms with Crippen LogP contribution >= 0.6 is 11.6 Å². The third-order valence-corrected chi connectivity index (χ3v) is 2.24. The standard InChI is InChI=1S/C8H9ClN2O/c9-8-7-5(1-3-11-8)6(10)2-4-12-7/h1,3,6H,2,4,10H2. The van der Waals surface area contributed by atoms with Gasteiger partial charge in [-0.25, -0.2) is 4.98 Å². The molecule has 1 atom stereocenters. The van der Waals surface area contributed by atoms with Gasteiger partial charge in [-0.2, -0.15) is 0 Å². The third kappa shape index (κ3) is 1.15. The van der Waals surface area contributed by atoms with Gasteiger partial charge >= 0.3 is 0 Å². The van der Waals surface area contributed by atoms with Gasteiger partial charge in [-0.15, -0.1) is 0 Å². The fourth-order valence-electron chi connectivity index (χ4n) is 1.31. The van der Waals surface area contributed by atoms with Crippen LogP contribution in [0.5, 0.6) is 5.75 Å². The van der Waals surface area contributed by atoms with Crippen LogP contribution in [0.15, 0.2) is 12.3 Å². The van der Waals surface area contributed by atoms with Crippen LogP contribution in [0.4, 0.5) is 0 Å². The highest BCUT2D eigenvalue weighted by atomic mass is 35.5. The van der Waals surface area contributed by atoms with E-state index in [-0.39, 0.29) is 6.04 Å². The van der Waals surface area contributed by atoms with Crippen molar-refractivity contribution in [2.24, 2.45) is 5.73 Å². The van der Waals surface area contributed by atoms with E-state index in [1.54, 1.807) is 6.20 Å². The number of halogens is 1. The minimum atomic E-state index is 0.0363.